The van der Waals surface area contributed by atoms with Crippen LogP contribution in [0.4, 0.5) is 4.79 Å². The Kier molecular flexibility index (Phi) is 6.16. The molecule has 1 heterocycles. The molecule has 1 aromatic rings. The van der Waals surface area contributed by atoms with E-state index in [1.807, 2.05) is 0 Å². The zero-order chi connectivity index (χ0) is 18.7. The third-order valence-corrected chi connectivity index (χ3v) is 4.85. The van der Waals surface area contributed by atoms with Crippen molar-refractivity contribution in [3.8, 4) is 5.75 Å². The van der Waals surface area contributed by atoms with Crippen molar-refractivity contribution in [3.63, 3.8) is 0 Å². The molecule has 25 heavy (non-hydrogen) atoms. The Balaban J connectivity index is 2.21. The molecule has 0 aromatic heterocycles. The highest BCUT2D eigenvalue weighted by Gasteiger charge is 2.38. The lowest BCUT2D eigenvalue weighted by Crippen LogP contribution is -2.46. The Morgan fingerprint density at radius 1 is 1.32 bits per heavy atom. The lowest BCUT2D eigenvalue weighted by atomic mass is 9.91. The quantitative estimate of drug-likeness (QED) is 0.890. The van der Waals surface area contributed by atoms with E-state index < -0.39 is 0 Å². The molecule has 2 atom stereocenters. The molecule has 1 fully saturated rings. The van der Waals surface area contributed by atoms with Crippen molar-refractivity contribution >= 4 is 23.5 Å². The third-order valence-electron chi connectivity index (χ3n) is 4.62. The standard InChI is InChI=1S/C18H26ClN3O3/c1-11(2)14-9-22(10-15(14)20-18(24)21(3)4)17(23)13-8-12(19)6-7-16(13)25-5/h6-8,11,14-15H,9-10H2,1-5H3,(H,20,24)/t14-,15+/m0/s1. The van der Waals surface area contributed by atoms with Crippen molar-refractivity contribution in [2.24, 2.45) is 11.8 Å². The average Bonchev–Trinajstić information content (AvgIpc) is 2.98. The number of hydrogen-bond acceptors (Lipinski definition) is 3. The Labute approximate surface area is 154 Å². The van der Waals surface area contributed by atoms with Crippen molar-refractivity contribution in [1.82, 2.24) is 15.1 Å². The summed E-state index contributed by atoms with van der Waals surface area (Å²) in [4.78, 5) is 28.3. The van der Waals surface area contributed by atoms with Gasteiger partial charge in [-0.2, -0.15) is 0 Å². The van der Waals surface area contributed by atoms with Gasteiger partial charge in [-0.1, -0.05) is 25.4 Å². The number of carbonyl (C=O) groups excluding carboxylic acids is 2. The van der Waals surface area contributed by atoms with E-state index in [2.05, 4.69) is 19.2 Å². The molecule has 6 nitrogen and oxygen atoms in total. The molecule has 0 saturated carbocycles. The molecule has 138 valence electrons. The smallest absolute Gasteiger partial charge is 0.317 e. The number of halogens is 1. The first-order valence-corrected chi connectivity index (χ1v) is 8.73. The van der Waals surface area contributed by atoms with Gasteiger partial charge >= 0.3 is 6.03 Å². The summed E-state index contributed by atoms with van der Waals surface area (Å²) in [6, 6.07) is 4.78. The molecule has 1 aliphatic heterocycles. The molecule has 0 aliphatic carbocycles. The van der Waals surface area contributed by atoms with Crippen LogP contribution in [0.15, 0.2) is 18.2 Å². The summed E-state index contributed by atoms with van der Waals surface area (Å²) in [5, 5.41) is 3.51. The third kappa shape index (κ3) is 4.37. The van der Waals surface area contributed by atoms with E-state index in [-0.39, 0.29) is 23.9 Å². The Hall–Kier alpha value is -1.95. The number of likely N-dealkylation sites (tertiary alicyclic amines) is 1. The van der Waals surface area contributed by atoms with E-state index in [9.17, 15) is 9.59 Å². The topological polar surface area (TPSA) is 61.9 Å². The van der Waals surface area contributed by atoms with Crippen LogP contribution in [-0.2, 0) is 0 Å². The van der Waals surface area contributed by atoms with Crippen molar-refractivity contribution in [3.05, 3.63) is 28.8 Å². The van der Waals surface area contributed by atoms with Crippen LogP contribution in [-0.4, -0.2) is 62.1 Å². The molecule has 1 saturated heterocycles. The van der Waals surface area contributed by atoms with Crippen LogP contribution in [0.5, 0.6) is 5.75 Å². The maximum atomic E-state index is 13.0. The highest BCUT2D eigenvalue weighted by atomic mass is 35.5. The average molecular weight is 368 g/mol. The summed E-state index contributed by atoms with van der Waals surface area (Å²) in [5.74, 6) is 0.896. The summed E-state index contributed by atoms with van der Waals surface area (Å²) in [5.41, 5.74) is 0.442. The van der Waals surface area contributed by atoms with E-state index in [0.29, 0.717) is 35.3 Å². The number of nitrogens with zero attached hydrogens (tertiary/aromatic N) is 2. The van der Waals surface area contributed by atoms with Gasteiger partial charge in [-0.25, -0.2) is 4.79 Å². The van der Waals surface area contributed by atoms with Gasteiger partial charge in [0.25, 0.3) is 5.91 Å². The van der Waals surface area contributed by atoms with Gasteiger partial charge in [0.15, 0.2) is 0 Å². The summed E-state index contributed by atoms with van der Waals surface area (Å²) < 4.78 is 5.30. The molecular weight excluding hydrogens is 342 g/mol. The number of nitrogens with one attached hydrogen (secondary N) is 1. The highest BCUT2D eigenvalue weighted by molar-refractivity contribution is 6.31. The number of hydrogen-bond donors (Lipinski definition) is 1. The zero-order valence-corrected chi connectivity index (χ0v) is 16.1. The van der Waals surface area contributed by atoms with E-state index in [1.165, 1.54) is 12.0 Å². The zero-order valence-electron chi connectivity index (χ0n) is 15.4. The predicted molar refractivity (Wildman–Crippen MR) is 98.2 cm³/mol. The van der Waals surface area contributed by atoms with Gasteiger partial charge in [0.1, 0.15) is 5.75 Å². The molecule has 1 aromatic carbocycles. The monoisotopic (exact) mass is 367 g/mol. The number of methoxy groups -OCH3 is 1. The van der Waals surface area contributed by atoms with Crippen LogP contribution < -0.4 is 10.1 Å². The fraction of sp³-hybridized carbons (Fsp3) is 0.556. The van der Waals surface area contributed by atoms with E-state index in [1.54, 1.807) is 37.2 Å². The molecule has 1 aliphatic rings. The lowest BCUT2D eigenvalue weighted by Gasteiger charge is -2.24. The highest BCUT2D eigenvalue weighted by Crippen LogP contribution is 2.29. The summed E-state index contributed by atoms with van der Waals surface area (Å²) in [6.45, 7) is 5.27. The van der Waals surface area contributed by atoms with Crippen molar-refractivity contribution in [2.75, 3.05) is 34.3 Å². The minimum atomic E-state index is -0.148. The van der Waals surface area contributed by atoms with Crippen LogP contribution >= 0.6 is 11.6 Å². The first-order valence-electron chi connectivity index (χ1n) is 8.35. The maximum absolute atomic E-state index is 13.0. The Morgan fingerprint density at radius 3 is 2.56 bits per heavy atom. The normalized spacial score (nSPS) is 19.9. The van der Waals surface area contributed by atoms with Gasteiger partial charge < -0.3 is 19.9 Å². The van der Waals surface area contributed by atoms with Crippen molar-refractivity contribution in [1.29, 1.82) is 0 Å². The summed E-state index contributed by atoms with van der Waals surface area (Å²) in [7, 11) is 4.93. The Morgan fingerprint density at radius 2 is 2.00 bits per heavy atom. The van der Waals surface area contributed by atoms with Gasteiger partial charge in [-0.3, -0.25) is 4.79 Å². The second kappa shape index (κ2) is 7.95. The molecule has 3 amide bonds. The fourth-order valence-corrected chi connectivity index (χ4v) is 3.30. The Bertz CT molecular complexity index is 648. The number of ether oxygens (including phenoxy) is 1. The molecular formula is C18H26ClN3O3. The minimum absolute atomic E-state index is 0.0796. The largest absolute Gasteiger partial charge is 0.496 e. The van der Waals surface area contributed by atoms with Crippen molar-refractivity contribution in [2.45, 2.75) is 19.9 Å². The van der Waals surface area contributed by atoms with E-state index in [0.717, 1.165) is 0 Å². The number of amides is 3. The predicted octanol–water partition coefficient (Wildman–Crippen LogP) is 2.72. The van der Waals surface area contributed by atoms with Crippen LogP contribution in [0.3, 0.4) is 0 Å². The van der Waals surface area contributed by atoms with Crippen LogP contribution in [0.25, 0.3) is 0 Å². The second-order valence-corrected chi connectivity index (χ2v) is 7.35. The molecule has 0 bridgehead atoms. The molecule has 2 rings (SSSR count). The molecule has 0 unspecified atom stereocenters. The SMILES string of the molecule is COc1ccc(Cl)cc1C(=O)N1C[C@@H](NC(=O)N(C)C)[C@H](C(C)C)C1. The van der Waals surface area contributed by atoms with E-state index >= 15 is 0 Å². The van der Waals surface area contributed by atoms with Gasteiger partial charge in [0.2, 0.25) is 0 Å². The van der Waals surface area contributed by atoms with Crippen molar-refractivity contribution < 1.29 is 14.3 Å². The van der Waals surface area contributed by atoms with Crippen LogP contribution in [0, 0.1) is 11.8 Å². The minimum Gasteiger partial charge on any atom is -0.496 e. The summed E-state index contributed by atoms with van der Waals surface area (Å²) >= 11 is 6.05. The van der Waals surface area contributed by atoms with E-state index in [4.69, 9.17) is 16.3 Å². The van der Waals surface area contributed by atoms with Gasteiger partial charge in [0, 0.05) is 38.1 Å². The lowest BCUT2D eigenvalue weighted by molar-refractivity contribution is 0.0779. The fourth-order valence-electron chi connectivity index (χ4n) is 3.13. The second-order valence-electron chi connectivity index (χ2n) is 6.91. The summed E-state index contributed by atoms with van der Waals surface area (Å²) in [6.07, 6.45) is 0. The molecule has 7 heteroatoms. The molecule has 0 spiro atoms. The van der Waals surface area contributed by atoms with Crippen LogP contribution in [0.1, 0.15) is 24.2 Å². The molecule has 1 N–H and O–H groups in total. The number of carbonyl (C=O) groups is 2. The number of rotatable bonds is 4. The number of urea groups is 1. The van der Waals surface area contributed by atoms with Gasteiger partial charge in [0.05, 0.1) is 18.7 Å². The maximum Gasteiger partial charge on any atom is 0.317 e. The van der Waals surface area contributed by atoms with Crippen LogP contribution in [0.2, 0.25) is 5.02 Å². The first-order chi connectivity index (χ1) is 11.7. The first kappa shape index (κ1) is 19.4. The molecule has 0 radical (unpaired) electrons. The number of benzene rings is 1. The van der Waals surface area contributed by atoms with Gasteiger partial charge in [-0.15, -0.1) is 0 Å². The van der Waals surface area contributed by atoms with Gasteiger partial charge in [-0.05, 0) is 24.1 Å².